The van der Waals surface area contributed by atoms with Gasteiger partial charge in [0.05, 0.1) is 12.2 Å². The van der Waals surface area contributed by atoms with E-state index in [0.717, 1.165) is 6.20 Å². The molecule has 0 saturated carbocycles. The number of anilines is 1. The molecule has 0 aromatic carbocycles. The quantitative estimate of drug-likeness (QED) is 0.401. The van der Waals surface area contributed by atoms with Gasteiger partial charge in [-0.15, -0.1) is 0 Å². The van der Waals surface area contributed by atoms with E-state index in [-0.39, 0.29) is 46.5 Å². The third kappa shape index (κ3) is 3.91. The van der Waals surface area contributed by atoms with Gasteiger partial charge in [0.25, 0.3) is 11.7 Å². The minimum absolute atomic E-state index is 0.0520. The van der Waals surface area contributed by atoms with Gasteiger partial charge in [-0.2, -0.15) is 13.2 Å². The second-order valence-corrected chi connectivity index (χ2v) is 7.49. The fraction of sp³-hybridized carbons (Fsp3) is 0.263. The van der Waals surface area contributed by atoms with Crippen molar-refractivity contribution in [2.24, 2.45) is 0 Å². The molecule has 0 fully saturated rings. The normalized spacial score (nSPS) is 14.5. The van der Waals surface area contributed by atoms with E-state index in [4.69, 9.17) is 4.52 Å². The lowest BCUT2D eigenvalue weighted by Gasteiger charge is -2.18. The van der Waals surface area contributed by atoms with Crippen molar-refractivity contribution in [1.29, 1.82) is 0 Å². The summed E-state index contributed by atoms with van der Waals surface area (Å²) < 4.78 is 43.8. The van der Waals surface area contributed by atoms with Crippen LogP contribution in [0.5, 0.6) is 0 Å². The SMILES string of the molecule is C[C@@H](NC(=O)c1ncnc2c1CCC(=O)N2)c1cc(-c2[nH]c3cnc(C(F)(F)F)nc3[nH+]2)no1. The van der Waals surface area contributed by atoms with Crippen LogP contribution in [-0.2, 0) is 17.4 Å². The lowest BCUT2D eigenvalue weighted by atomic mass is 10.0. The van der Waals surface area contributed by atoms with Crippen molar-refractivity contribution in [1.82, 2.24) is 35.4 Å². The third-order valence-corrected chi connectivity index (χ3v) is 5.12. The number of hydrogen-bond acceptors (Lipinski definition) is 8. The Morgan fingerprint density at radius 1 is 1.26 bits per heavy atom. The van der Waals surface area contributed by atoms with Crippen molar-refractivity contribution in [3.63, 3.8) is 0 Å². The highest BCUT2D eigenvalue weighted by Gasteiger charge is 2.38. The van der Waals surface area contributed by atoms with Gasteiger partial charge in [0, 0.05) is 18.1 Å². The van der Waals surface area contributed by atoms with Crippen LogP contribution in [0.2, 0.25) is 0 Å². The molecule has 5 heterocycles. The zero-order chi connectivity index (χ0) is 24.0. The molecule has 0 unspecified atom stereocenters. The largest absolute Gasteiger partial charge is 0.468 e. The molecule has 0 saturated heterocycles. The van der Waals surface area contributed by atoms with Gasteiger partial charge in [0.1, 0.15) is 17.8 Å². The molecular formula is C19H15F3N9O3+. The summed E-state index contributed by atoms with van der Waals surface area (Å²) in [5.41, 5.74) is 1.12. The van der Waals surface area contributed by atoms with Crippen LogP contribution in [0.25, 0.3) is 22.7 Å². The number of rotatable bonds is 4. The van der Waals surface area contributed by atoms with Crippen LogP contribution in [0.1, 0.15) is 47.0 Å². The van der Waals surface area contributed by atoms with Gasteiger partial charge in [0.2, 0.25) is 5.91 Å². The number of aromatic amines is 2. The fourth-order valence-corrected chi connectivity index (χ4v) is 3.45. The molecule has 1 atom stereocenters. The number of halogens is 3. The van der Waals surface area contributed by atoms with E-state index >= 15 is 0 Å². The zero-order valence-electron chi connectivity index (χ0n) is 17.3. The van der Waals surface area contributed by atoms with Crippen LogP contribution in [0.3, 0.4) is 0 Å². The molecule has 1 aliphatic rings. The Hall–Kier alpha value is -4.43. The number of nitrogens with zero attached hydrogens (tertiary/aromatic N) is 5. The Labute approximate surface area is 187 Å². The average Bonchev–Trinajstić information content (AvgIpc) is 3.44. The molecule has 4 aromatic rings. The molecule has 12 nitrogen and oxygen atoms in total. The molecule has 0 spiro atoms. The second-order valence-electron chi connectivity index (χ2n) is 7.49. The summed E-state index contributed by atoms with van der Waals surface area (Å²) in [7, 11) is 0. The zero-order valence-corrected chi connectivity index (χ0v) is 17.3. The number of carbonyl (C=O) groups is 2. The minimum Gasteiger partial charge on any atom is -0.358 e. The van der Waals surface area contributed by atoms with Gasteiger partial charge >= 0.3 is 17.6 Å². The molecule has 0 bridgehead atoms. The van der Waals surface area contributed by atoms with E-state index < -0.39 is 23.9 Å². The minimum atomic E-state index is -4.68. The Balaban J connectivity index is 1.35. The van der Waals surface area contributed by atoms with Crippen molar-refractivity contribution in [3.8, 4) is 11.5 Å². The molecule has 174 valence electrons. The molecule has 4 N–H and O–H groups in total. The highest BCUT2D eigenvalue weighted by atomic mass is 19.4. The Morgan fingerprint density at radius 3 is 2.88 bits per heavy atom. The van der Waals surface area contributed by atoms with E-state index in [1.54, 1.807) is 6.92 Å². The standard InChI is InChI=1S/C19H14F3N9O3/c1-7(26-17(33)13-8-2-3-12(32)28-14(8)25-6-24-13)11-4-9(31-34-11)15-27-10-5-23-18(19(20,21)22)30-16(10)29-15/h4-7H,2-3H2,1H3,(H,26,33)(H,23,27,29,30)(H,24,25,28,32)/p+1/t7-/m1/s1. The number of nitrogens with one attached hydrogen (secondary N) is 4. The van der Waals surface area contributed by atoms with E-state index in [9.17, 15) is 22.8 Å². The number of imidazole rings is 1. The van der Waals surface area contributed by atoms with E-state index in [0.29, 0.717) is 17.8 Å². The molecule has 1 aliphatic heterocycles. The first kappa shape index (κ1) is 21.4. The molecule has 15 heteroatoms. The van der Waals surface area contributed by atoms with Crippen molar-refractivity contribution < 1.29 is 32.3 Å². The van der Waals surface area contributed by atoms with E-state index in [2.05, 4.69) is 45.7 Å². The average molecular weight is 474 g/mol. The first-order valence-electron chi connectivity index (χ1n) is 9.96. The van der Waals surface area contributed by atoms with Gasteiger partial charge in [-0.3, -0.25) is 14.6 Å². The summed E-state index contributed by atoms with van der Waals surface area (Å²) in [6, 6.07) is 0.887. The van der Waals surface area contributed by atoms with Gasteiger partial charge in [-0.25, -0.2) is 19.9 Å². The first-order valence-corrected chi connectivity index (χ1v) is 9.96. The number of carbonyl (C=O) groups excluding carboxylic acids is 2. The number of alkyl halides is 3. The van der Waals surface area contributed by atoms with E-state index in [1.165, 1.54) is 12.4 Å². The highest BCUT2D eigenvalue weighted by Crippen LogP contribution is 2.27. The maximum absolute atomic E-state index is 12.8. The summed E-state index contributed by atoms with van der Waals surface area (Å²) in [6.45, 7) is 1.66. The van der Waals surface area contributed by atoms with Crippen molar-refractivity contribution in [2.45, 2.75) is 32.0 Å². The molecule has 0 aliphatic carbocycles. The van der Waals surface area contributed by atoms with Gasteiger partial charge < -0.3 is 15.2 Å². The second kappa shape index (κ2) is 7.86. The molecule has 4 aromatic heterocycles. The first-order chi connectivity index (χ1) is 16.2. The van der Waals surface area contributed by atoms with Crippen LogP contribution < -0.4 is 15.6 Å². The van der Waals surface area contributed by atoms with Gasteiger partial charge in [-0.1, -0.05) is 10.1 Å². The summed E-state index contributed by atoms with van der Waals surface area (Å²) >= 11 is 0. The van der Waals surface area contributed by atoms with Gasteiger partial charge in [-0.05, 0) is 13.3 Å². The van der Waals surface area contributed by atoms with Crippen molar-refractivity contribution in [2.75, 3.05) is 5.32 Å². The maximum atomic E-state index is 12.8. The number of amides is 2. The monoisotopic (exact) mass is 474 g/mol. The van der Waals surface area contributed by atoms with Gasteiger partial charge in [0.15, 0.2) is 17.0 Å². The molecule has 0 radical (unpaired) electrons. The fourth-order valence-electron chi connectivity index (χ4n) is 3.45. The third-order valence-electron chi connectivity index (χ3n) is 5.12. The topological polar surface area (TPSA) is 166 Å². The molecule has 34 heavy (non-hydrogen) atoms. The predicted octanol–water partition coefficient (Wildman–Crippen LogP) is 1.61. The smallest absolute Gasteiger partial charge is 0.358 e. The van der Waals surface area contributed by atoms with Crippen LogP contribution in [0.15, 0.2) is 23.1 Å². The maximum Gasteiger partial charge on any atom is 0.468 e. The number of hydrogen-bond donors (Lipinski definition) is 3. The lowest BCUT2D eigenvalue weighted by molar-refractivity contribution is -0.334. The summed E-state index contributed by atoms with van der Waals surface area (Å²) in [4.78, 5) is 44.7. The summed E-state index contributed by atoms with van der Waals surface area (Å²) in [5.74, 6) is -1.11. The van der Waals surface area contributed by atoms with Crippen LogP contribution in [0.4, 0.5) is 19.0 Å². The van der Waals surface area contributed by atoms with Crippen molar-refractivity contribution >= 4 is 28.8 Å². The molecular weight excluding hydrogens is 459 g/mol. The van der Waals surface area contributed by atoms with Crippen LogP contribution in [0, 0.1) is 0 Å². The van der Waals surface area contributed by atoms with E-state index in [1.807, 2.05) is 0 Å². The highest BCUT2D eigenvalue weighted by molar-refractivity contribution is 5.99. The Kier molecular flexibility index (Phi) is 4.95. The van der Waals surface area contributed by atoms with Crippen LogP contribution in [-0.4, -0.2) is 41.9 Å². The number of H-pyrrole nitrogens is 2. The molecule has 2 amide bonds. The number of fused-ring (bicyclic) bond motifs is 2. The van der Waals surface area contributed by atoms with Crippen molar-refractivity contribution in [3.05, 3.63) is 41.4 Å². The Bertz CT molecular complexity index is 1430. The molecule has 5 rings (SSSR count). The predicted molar refractivity (Wildman–Crippen MR) is 106 cm³/mol. The summed E-state index contributed by atoms with van der Waals surface area (Å²) in [5, 5.41) is 9.25. The van der Waals surface area contributed by atoms with Crippen LogP contribution >= 0.6 is 0 Å². The Morgan fingerprint density at radius 2 is 2.09 bits per heavy atom. The summed E-state index contributed by atoms with van der Waals surface area (Å²) in [6.07, 6.45) is -1.92. The lowest BCUT2D eigenvalue weighted by Crippen LogP contribution is -2.30. The number of aromatic nitrogens is 7.